The molecule has 4 aromatic rings. The number of carbonyl (C=O) groups is 1. The molecule has 12 heteroatoms. The van der Waals surface area contributed by atoms with Gasteiger partial charge >= 0.3 is 0 Å². The van der Waals surface area contributed by atoms with E-state index >= 15 is 0 Å². The molecule has 33 heavy (non-hydrogen) atoms. The number of aromatic nitrogens is 5. The van der Waals surface area contributed by atoms with Gasteiger partial charge in [-0.1, -0.05) is 12.8 Å². The Kier molecular flexibility index (Phi) is 7.76. The summed E-state index contributed by atoms with van der Waals surface area (Å²) in [6.45, 7) is 0. The van der Waals surface area contributed by atoms with E-state index in [4.69, 9.17) is 15.0 Å². The molecule has 3 saturated carbocycles. The van der Waals surface area contributed by atoms with Gasteiger partial charge in [-0.3, -0.25) is 15.1 Å². The van der Waals surface area contributed by atoms with Gasteiger partial charge in [0.15, 0.2) is 5.82 Å². The van der Waals surface area contributed by atoms with E-state index in [1.54, 1.807) is 11.3 Å². The minimum Gasteiger partial charge on any atom is -0.439 e. The van der Waals surface area contributed by atoms with E-state index in [1.807, 2.05) is 5.38 Å². The number of hydroxylamine groups is 1. The number of nitrogens with zero attached hydrogens (tertiary/aromatic N) is 5. The molecular formula is C21H21DyFN7O2S-. The number of thiophene rings is 1. The molecule has 1 atom stereocenters. The second-order valence-corrected chi connectivity index (χ2v) is 9.02. The zero-order chi connectivity index (χ0) is 22.1. The number of nitrogens with one attached hydrogen (secondary N) is 2. The Morgan fingerprint density at radius 3 is 2.70 bits per heavy atom. The van der Waals surface area contributed by atoms with Crippen LogP contribution >= 0.6 is 11.3 Å². The maximum atomic E-state index is 13.7. The fraction of sp³-hybridized carbons (Fsp3) is 0.381. The van der Waals surface area contributed by atoms with Crippen LogP contribution in [0.1, 0.15) is 32.1 Å². The Morgan fingerprint density at radius 2 is 2.00 bits per heavy atom. The number of hydrogen-bond acceptors (Lipinski definition) is 8. The molecule has 3 aliphatic carbocycles. The number of amides is 1. The average Bonchev–Trinajstić information content (AvgIpc) is 3.47. The zero-order valence-corrected chi connectivity index (χ0v) is 20.2. The van der Waals surface area contributed by atoms with E-state index in [1.165, 1.54) is 43.7 Å². The summed E-state index contributed by atoms with van der Waals surface area (Å²) in [4.78, 5) is 23.2. The van der Waals surface area contributed by atoms with Crippen LogP contribution in [-0.4, -0.2) is 37.7 Å². The smallest absolute Gasteiger partial charge is 0.230 e. The van der Waals surface area contributed by atoms with Gasteiger partial charge in [0.1, 0.15) is 22.2 Å². The number of carbonyl (C=O) groups excluding carboxylic acids is 1. The van der Waals surface area contributed by atoms with Crippen LogP contribution in [0.15, 0.2) is 23.7 Å². The van der Waals surface area contributed by atoms with Gasteiger partial charge in [0, 0.05) is 49.6 Å². The fourth-order valence-electron chi connectivity index (χ4n) is 4.80. The first-order valence-electron chi connectivity index (χ1n) is 10.5. The number of fused-ring (bicyclic) bond motifs is 5. The molecule has 7 rings (SSSR count). The Bertz CT molecular complexity index is 1260. The topological polar surface area (TPSA) is 127 Å². The molecule has 3 aliphatic rings. The van der Waals surface area contributed by atoms with E-state index in [9.17, 15) is 4.39 Å². The summed E-state index contributed by atoms with van der Waals surface area (Å²) < 4.78 is 13.7. The number of rotatable bonds is 4. The molecule has 0 spiro atoms. The van der Waals surface area contributed by atoms with Gasteiger partial charge in [-0.2, -0.15) is 0 Å². The van der Waals surface area contributed by atoms with Crippen molar-refractivity contribution in [2.75, 3.05) is 5.32 Å². The third-order valence-corrected chi connectivity index (χ3v) is 7.10. The third-order valence-electron chi connectivity index (χ3n) is 6.29. The van der Waals surface area contributed by atoms with Crippen LogP contribution < -0.4 is 15.9 Å². The van der Waals surface area contributed by atoms with Crippen molar-refractivity contribution in [3.05, 3.63) is 29.5 Å². The molecule has 4 heterocycles. The van der Waals surface area contributed by atoms with Crippen molar-refractivity contribution < 1.29 is 52.6 Å². The number of pyridine rings is 1. The summed E-state index contributed by atoms with van der Waals surface area (Å²) in [7, 11) is 0. The van der Waals surface area contributed by atoms with Gasteiger partial charge in [0.25, 0.3) is 0 Å². The molecule has 0 radical (unpaired) electrons. The minimum absolute atomic E-state index is 0. The third kappa shape index (κ3) is 4.97. The van der Waals surface area contributed by atoms with Crippen molar-refractivity contribution >= 4 is 44.8 Å². The molecule has 3 N–H and O–H groups in total. The van der Waals surface area contributed by atoms with Gasteiger partial charge in [0.05, 0.1) is 5.39 Å². The maximum Gasteiger partial charge on any atom is 0.230 e. The van der Waals surface area contributed by atoms with Crippen molar-refractivity contribution in [1.82, 2.24) is 30.6 Å². The van der Waals surface area contributed by atoms with Crippen LogP contribution in [-0.2, 0) is 4.79 Å². The van der Waals surface area contributed by atoms with E-state index in [0.717, 1.165) is 34.1 Å². The summed E-state index contributed by atoms with van der Waals surface area (Å²) in [5, 5.41) is 22.8. The van der Waals surface area contributed by atoms with Crippen molar-refractivity contribution in [2.24, 2.45) is 11.8 Å². The normalized spacial score (nSPS) is 21.2. The monoisotopic (exact) mass is 618 g/mol. The Labute approximate surface area is 223 Å². The molecule has 4 aromatic heterocycles. The second-order valence-electron chi connectivity index (χ2n) is 8.12. The first-order valence-corrected chi connectivity index (χ1v) is 11.3. The van der Waals surface area contributed by atoms with Crippen LogP contribution in [0.4, 0.5) is 10.2 Å². The van der Waals surface area contributed by atoms with Gasteiger partial charge in [0.2, 0.25) is 6.41 Å². The Morgan fingerprint density at radius 1 is 1.21 bits per heavy atom. The van der Waals surface area contributed by atoms with Crippen molar-refractivity contribution in [3.8, 4) is 11.5 Å². The van der Waals surface area contributed by atoms with Gasteiger partial charge < -0.3 is 15.4 Å². The summed E-state index contributed by atoms with van der Waals surface area (Å²) in [6.07, 6.45) is 7.87. The van der Waals surface area contributed by atoms with Crippen molar-refractivity contribution in [1.29, 1.82) is 0 Å². The van der Waals surface area contributed by atoms with Crippen molar-refractivity contribution in [2.45, 2.75) is 38.1 Å². The number of anilines is 1. The summed E-state index contributed by atoms with van der Waals surface area (Å²) in [6, 6.07) is 3.91. The number of hydrogen-bond donors (Lipinski definition) is 3. The summed E-state index contributed by atoms with van der Waals surface area (Å²) in [5.74, 6) is 2.45. The molecule has 2 bridgehead atoms. The predicted octanol–water partition coefficient (Wildman–Crippen LogP) is 3.51. The quantitative estimate of drug-likeness (QED) is 0.181. The first kappa shape index (κ1) is 24.2. The molecule has 0 saturated heterocycles. The molecule has 176 valence electrons. The Balaban J connectivity index is 0.000000483. The van der Waals surface area contributed by atoms with E-state index in [0.29, 0.717) is 28.6 Å². The minimum atomic E-state index is -0.419. The van der Waals surface area contributed by atoms with Crippen molar-refractivity contribution in [3.63, 3.8) is 0 Å². The zero-order valence-electron chi connectivity index (χ0n) is 17.3. The molecule has 3 fully saturated rings. The molecule has 9 nitrogen and oxygen atoms in total. The molecule has 0 aromatic carbocycles. The average molecular weight is 617 g/mol. The predicted molar refractivity (Wildman–Crippen MR) is 118 cm³/mol. The largest absolute Gasteiger partial charge is 0.439 e. The second kappa shape index (κ2) is 10.6. The summed E-state index contributed by atoms with van der Waals surface area (Å²) >= 11 is 1.57. The van der Waals surface area contributed by atoms with Gasteiger partial charge in [-0.05, 0) is 60.5 Å². The van der Waals surface area contributed by atoms with Gasteiger partial charge in [-0.15, -0.1) is 11.3 Å². The molecule has 0 aliphatic heterocycles. The maximum absolute atomic E-state index is 13.7. The molecule has 1 unspecified atom stereocenters. The van der Waals surface area contributed by atoms with Crippen LogP contribution in [0.5, 0.6) is 0 Å². The van der Waals surface area contributed by atoms with E-state index in [-0.39, 0.29) is 44.6 Å². The fourth-order valence-corrected chi connectivity index (χ4v) is 5.57. The van der Waals surface area contributed by atoms with Crippen LogP contribution in [0, 0.1) is 55.8 Å². The SMILES string of the molecule is Fc1cnc2[n-]nc(-c3nc(NC4CC5CCC4CC5)c4ccsc4n3)c2c1.O=CNO.[Dy]. The van der Waals surface area contributed by atoms with E-state index in [2.05, 4.69) is 31.5 Å². The number of halogens is 1. The summed E-state index contributed by atoms with van der Waals surface area (Å²) in [5.41, 5.74) is 2.14. The van der Waals surface area contributed by atoms with Crippen LogP contribution in [0.2, 0.25) is 0 Å². The van der Waals surface area contributed by atoms with Crippen LogP contribution in [0.25, 0.3) is 32.8 Å². The Hall–Kier alpha value is -1.91. The standard InChI is InChI=1S/C20H18FN6S.CH3NO2.Dy/c21-12-8-14-16(26-27-17(14)22-9-12)19-24-18(13-5-6-28-20(13)25-19)23-15-7-10-1-3-11(15)4-2-10;3-1-2-4;/h5-6,8-11,15H,1-4,7H2,(H-,22,23,24,25,26,27);1,4H,(H,2,3);/q-1;;. The van der Waals surface area contributed by atoms with Gasteiger partial charge in [-0.25, -0.2) is 19.8 Å². The van der Waals surface area contributed by atoms with E-state index < -0.39 is 5.82 Å². The molecule has 1 amide bonds. The first-order chi connectivity index (χ1) is 15.7. The van der Waals surface area contributed by atoms with Crippen LogP contribution in [0.3, 0.4) is 0 Å². The molecular weight excluding hydrogens is 596 g/mol.